The summed E-state index contributed by atoms with van der Waals surface area (Å²) in [5.41, 5.74) is 1.54. The third-order valence-corrected chi connectivity index (χ3v) is 5.69. The number of fused-ring (bicyclic) bond motifs is 1. The van der Waals surface area contributed by atoms with Crippen LogP contribution in [0.4, 0.5) is 5.00 Å². The van der Waals surface area contributed by atoms with Gasteiger partial charge in [0.1, 0.15) is 10.8 Å². The van der Waals surface area contributed by atoms with E-state index in [2.05, 4.69) is 5.32 Å². The minimum absolute atomic E-state index is 0.250. The van der Waals surface area contributed by atoms with Crippen LogP contribution in [0.1, 0.15) is 47.0 Å². The van der Waals surface area contributed by atoms with E-state index in [0.717, 1.165) is 31.2 Å². The average Bonchev–Trinajstić information content (AvgIpc) is 3.04. The van der Waals surface area contributed by atoms with Crippen LogP contribution in [0.2, 0.25) is 0 Å². The van der Waals surface area contributed by atoms with Crippen molar-refractivity contribution in [2.45, 2.75) is 45.1 Å². The van der Waals surface area contributed by atoms with E-state index < -0.39 is 12.1 Å². The van der Waals surface area contributed by atoms with Gasteiger partial charge in [0.2, 0.25) is 0 Å². The maximum absolute atomic E-state index is 12.7. The lowest BCUT2D eigenvalue weighted by Gasteiger charge is -2.17. The van der Waals surface area contributed by atoms with Gasteiger partial charge in [-0.25, -0.2) is 4.79 Å². The fourth-order valence-electron chi connectivity index (χ4n) is 3.15. The molecule has 0 spiro atoms. The number of methoxy groups -OCH3 is 1. The first-order valence-electron chi connectivity index (χ1n) is 8.89. The maximum Gasteiger partial charge on any atom is 0.341 e. The van der Waals surface area contributed by atoms with Gasteiger partial charge in [-0.1, -0.05) is 25.1 Å². The molecule has 0 saturated carbocycles. The molecule has 0 aliphatic heterocycles. The summed E-state index contributed by atoms with van der Waals surface area (Å²) in [6.45, 7) is 1.90. The number of benzene rings is 1. The fraction of sp³-hybridized carbons (Fsp3) is 0.400. The van der Waals surface area contributed by atoms with Gasteiger partial charge >= 0.3 is 5.97 Å². The lowest BCUT2D eigenvalue weighted by atomic mass is 9.95. The molecule has 3 rings (SSSR count). The minimum atomic E-state index is -0.623. The van der Waals surface area contributed by atoms with Crippen LogP contribution in [0.25, 0.3) is 0 Å². The van der Waals surface area contributed by atoms with Crippen molar-refractivity contribution in [2.24, 2.45) is 0 Å². The molecule has 1 N–H and O–H groups in total. The van der Waals surface area contributed by atoms with Gasteiger partial charge in [0, 0.05) is 4.88 Å². The number of hydrogen-bond acceptors (Lipinski definition) is 5. The standard InChI is InChI=1S/C20H23NO4S/c1-3-15(25-13-9-5-4-6-10-13)18(22)21-19-17(20(23)24-2)14-11-7-8-12-16(14)26-19/h4-6,9-10,15H,3,7-8,11-12H2,1-2H3,(H,21,22). The van der Waals surface area contributed by atoms with E-state index in [4.69, 9.17) is 9.47 Å². The van der Waals surface area contributed by atoms with Gasteiger partial charge in [-0.2, -0.15) is 0 Å². The molecular formula is C20H23NO4S. The molecule has 0 fully saturated rings. The van der Waals surface area contributed by atoms with Crippen molar-refractivity contribution in [2.75, 3.05) is 12.4 Å². The summed E-state index contributed by atoms with van der Waals surface area (Å²) in [5.74, 6) is 0.00462. The highest BCUT2D eigenvalue weighted by Crippen LogP contribution is 2.38. The number of thiophene rings is 1. The summed E-state index contributed by atoms with van der Waals surface area (Å²) in [5, 5.41) is 3.48. The highest BCUT2D eigenvalue weighted by molar-refractivity contribution is 7.17. The lowest BCUT2D eigenvalue weighted by Crippen LogP contribution is -2.32. The first kappa shape index (κ1) is 18.5. The molecule has 2 aromatic rings. The predicted octanol–water partition coefficient (Wildman–Crippen LogP) is 4.21. The number of carbonyl (C=O) groups is 2. The van der Waals surface area contributed by atoms with Crippen molar-refractivity contribution in [1.29, 1.82) is 0 Å². The zero-order chi connectivity index (χ0) is 18.5. The van der Waals surface area contributed by atoms with Crippen LogP contribution in [0.15, 0.2) is 30.3 Å². The maximum atomic E-state index is 12.7. The summed E-state index contributed by atoms with van der Waals surface area (Å²) < 4.78 is 10.8. The number of esters is 1. The summed E-state index contributed by atoms with van der Waals surface area (Å²) in [7, 11) is 1.37. The zero-order valence-corrected chi connectivity index (χ0v) is 15.9. The Bertz CT molecular complexity index is 785. The summed E-state index contributed by atoms with van der Waals surface area (Å²) in [6.07, 6.45) is 3.86. The normalized spacial score (nSPS) is 14.2. The third kappa shape index (κ3) is 3.90. The van der Waals surface area contributed by atoms with Crippen LogP contribution in [-0.2, 0) is 22.4 Å². The highest BCUT2D eigenvalue weighted by Gasteiger charge is 2.28. The Labute approximate surface area is 157 Å². The van der Waals surface area contributed by atoms with E-state index in [0.29, 0.717) is 22.7 Å². The van der Waals surface area contributed by atoms with Crippen molar-refractivity contribution in [3.8, 4) is 5.75 Å². The van der Waals surface area contributed by atoms with E-state index in [1.165, 1.54) is 23.3 Å². The summed E-state index contributed by atoms with van der Waals surface area (Å²) >= 11 is 1.48. The van der Waals surface area contributed by atoms with Gasteiger partial charge in [-0.05, 0) is 49.8 Å². The van der Waals surface area contributed by atoms with Gasteiger partial charge in [-0.3, -0.25) is 4.79 Å². The van der Waals surface area contributed by atoms with Gasteiger partial charge in [0.15, 0.2) is 6.10 Å². The molecule has 26 heavy (non-hydrogen) atoms. The Balaban J connectivity index is 1.81. The molecule has 6 heteroatoms. The lowest BCUT2D eigenvalue weighted by molar-refractivity contribution is -0.122. The molecule has 1 aliphatic rings. The number of para-hydroxylation sites is 1. The molecule has 0 saturated heterocycles. The van der Waals surface area contributed by atoms with Gasteiger partial charge in [0.25, 0.3) is 5.91 Å². The summed E-state index contributed by atoms with van der Waals surface area (Å²) in [6, 6.07) is 9.26. The second kappa shape index (κ2) is 8.36. The minimum Gasteiger partial charge on any atom is -0.481 e. The molecule has 1 unspecified atom stereocenters. The van der Waals surface area contributed by atoms with E-state index in [9.17, 15) is 9.59 Å². The van der Waals surface area contributed by atoms with Crippen molar-refractivity contribution in [3.63, 3.8) is 0 Å². The number of anilines is 1. The molecular weight excluding hydrogens is 350 g/mol. The third-order valence-electron chi connectivity index (χ3n) is 4.48. The van der Waals surface area contributed by atoms with E-state index in [-0.39, 0.29) is 5.91 Å². The highest BCUT2D eigenvalue weighted by atomic mass is 32.1. The number of ether oxygens (including phenoxy) is 2. The molecule has 1 aromatic carbocycles. The monoisotopic (exact) mass is 373 g/mol. The average molecular weight is 373 g/mol. The van der Waals surface area contributed by atoms with Gasteiger partial charge < -0.3 is 14.8 Å². The fourth-order valence-corrected chi connectivity index (χ4v) is 4.43. The van der Waals surface area contributed by atoms with Crippen LogP contribution in [0.3, 0.4) is 0 Å². The topological polar surface area (TPSA) is 64.6 Å². The zero-order valence-electron chi connectivity index (χ0n) is 15.0. The van der Waals surface area contributed by atoms with Crippen LogP contribution >= 0.6 is 11.3 Å². The second-order valence-electron chi connectivity index (χ2n) is 6.22. The number of hydrogen-bond donors (Lipinski definition) is 1. The Hall–Kier alpha value is -2.34. The molecule has 1 aliphatic carbocycles. The SMILES string of the molecule is CCC(Oc1ccccc1)C(=O)Nc1sc2c(c1C(=O)OC)CCCC2. The van der Waals surface area contributed by atoms with Gasteiger partial charge in [0.05, 0.1) is 12.7 Å². The predicted molar refractivity (Wildman–Crippen MR) is 102 cm³/mol. The molecule has 1 aromatic heterocycles. The molecule has 138 valence electrons. The number of carbonyl (C=O) groups excluding carboxylic acids is 2. The quantitative estimate of drug-likeness (QED) is 0.771. The first-order chi connectivity index (χ1) is 12.6. The van der Waals surface area contributed by atoms with E-state index in [1.807, 2.05) is 37.3 Å². The molecule has 0 bridgehead atoms. The molecule has 1 atom stereocenters. The summed E-state index contributed by atoms with van der Waals surface area (Å²) in [4.78, 5) is 26.2. The first-order valence-corrected chi connectivity index (χ1v) is 9.71. The van der Waals surface area contributed by atoms with Gasteiger partial charge in [-0.15, -0.1) is 11.3 Å². The molecule has 5 nitrogen and oxygen atoms in total. The molecule has 0 radical (unpaired) electrons. The molecule has 1 amide bonds. The van der Waals surface area contributed by atoms with Crippen molar-refractivity contribution in [1.82, 2.24) is 0 Å². The number of nitrogens with one attached hydrogen (secondary N) is 1. The van der Waals surface area contributed by atoms with Crippen LogP contribution in [-0.4, -0.2) is 25.1 Å². The van der Waals surface area contributed by atoms with E-state index in [1.54, 1.807) is 0 Å². The Morgan fingerprint density at radius 3 is 2.62 bits per heavy atom. The Kier molecular flexibility index (Phi) is 5.93. The van der Waals surface area contributed by atoms with Crippen molar-refractivity contribution in [3.05, 3.63) is 46.3 Å². The largest absolute Gasteiger partial charge is 0.481 e. The number of rotatable bonds is 6. The Morgan fingerprint density at radius 2 is 1.92 bits per heavy atom. The van der Waals surface area contributed by atoms with Crippen LogP contribution in [0, 0.1) is 0 Å². The second-order valence-corrected chi connectivity index (χ2v) is 7.33. The van der Waals surface area contributed by atoms with E-state index >= 15 is 0 Å². The van der Waals surface area contributed by atoms with Crippen molar-refractivity contribution >= 4 is 28.2 Å². The van der Waals surface area contributed by atoms with Crippen molar-refractivity contribution < 1.29 is 19.1 Å². The Morgan fingerprint density at radius 1 is 1.19 bits per heavy atom. The number of aryl methyl sites for hydroxylation is 1. The molecule has 1 heterocycles. The van der Waals surface area contributed by atoms with Crippen LogP contribution in [0.5, 0.6) is 5.75 Å². The van der Waals surface area contributed by atoms with Crippen LogP contribution < -0.4 is 10.1 Å². The smallest absolute Gasteiger partial charge is 0.341 e. The number of amides is 1.